The Hall–Kier alpha value is -1.17. The number of nitrogens with zero attached hydrogens (tertiary/aromatic N) is 1. The van der Waals surface area contributed by atoms with Crippen LogP contribution in [-0.2, 0) is 9.47 Å². The number of rotatable bonds is 4. The molecule has 0 unspecified atom stereocenters. The molecule has 1 spiro atoms. The second kappa shape index (κ2) is 6.75. The Morgan fingerprint density at radius 3 is 3.00 bits per heavy atom. The van der Waals surface area contributed by atoms with Crippen molar-refractivity contribution in [2.75, 3.05) is 33.4 Å². The van der Waals surface area contributed by atoms with Crippen LogP contribution in [0.15, 0.2) is 18.2 Å². The molecule has 2 heterocycles. The summed E-state index contributed by atoms with van der Waals surface area (Å²) >= 11 is 5.75. The summed E-state index contributed by atoms with van der Waals surface area (Å²) in [5.41, 5.74) is 0.203. The van der Waals surface area contributed by atoms with Gasteiger partial charge in [-0.15, -0.1) is 0 Å². The number of carbonyl (C=O) groups excluding carboxylic acids is 1. The average molecular weight is 342 g/mol. The second-order valence-corrected chi connectivity index (χ2v) is 6.87. The fraction of sp³-hybridized carbons (Fsp3) is 0.588. The largest absolute Gasteiger partial charge is 0.385 e. The minimum absolute atomic E-state index is 0.0281. The number of carbonyl (C=O) groups is 1. The molecule has 1 amide bonds. The highest BCUT2D eigenvalue weighted by Gasteiger charge is 2.49. The summed E-state index contributed by atoms with van der Waals surface area (Å²) in [6, 6.07) is 4.08. The van der Waals surface area contributed by atoms with E-state index in [0.717, 1.165) is 32.5 Å². The molecule has 6 heteroatoms. The van der Waals surface area contributed by atoms with Crippen LogP contribution in [0.2, 0.25) is 5.02 Å². The molecule has 23 heavy (non-hydrogen) atoms. The zero-order valence-electron chi connectivity index (χ0n) is 13.2. The van der Waals surface area contributed by atoms with E-state index < -0.39 is 5.82 Å². The Morgan fingerprint density at radius 1 is 1.52 bits per heavy atom. The van der Waals surface area contributed by atoms with Gasteiger partial charge < -0.3 is 14.4 Å². The highest BCUT2D eigenvalue weighted by atomic mass is 35.5. The molecule has 0 N–H and O–H groups in total. The number of halogens is 2. The Morgan fingerprint density at radius 2 is 2.30 bits per heavy atom. The summed E-state index contributed by atoms with van der Waals surface area (Å²) in [6.07, 6.45) is 3.04. The van der Waals surface area contributed by atoms with Gasteiger partial charge in [-0.05, 0) is 43.4 Å². The van der Waals surface area contributed by atoms with Gasteiger partial charge in [-0.1, -0.05) is 11.6 Å². The summed E-state index contributed by atoms with van der Waals surface area (Å²) in [5, 5.41) is -0.0281. The van der Waals surface area contributed by atoms with Gasteiger partial charge in [0.25, 0.3) is 5.91 Å². The highest BCUT2D eigenvalue weighted by molar-refractivity contribution is 6.31. The van der Waals surface area contributed by atoms with Crippen molar-refractivity contribution < 1.29 is 18.7 Å². The summed E-state index contributed by atoms with van der Waals surface area (Å²) in [5.74, 6) is -0.0544. The molecule has 1 atom stereocenters. The summed E-state index contributed by atoms with van der Waals surface area (Å²) < 4.78 is 24.3. The van der Waals surface area contributed by atoms with Gasteiger partial charge in [-0.2, -0.15) is 0 Å². The van der Waals surface area contributed by atoms with E-state index in [0.29, 0.717) is 24.6 Å². The van der Waals surface area contributed by atoms with Gasteiger partial charge in [0.15, 0.2) is 0 Å². The van der Waals surface area contributed by atoms with Gasteiger partial charge in [0.2, 0.25) is 0 Å². The number of ether oxygens (including phenoxy) is 2. The fourth-order valence-electron chi connectivity index (χ4n) is 3.49. The zero-order valence-corrected chi connectivity index (χ0v) is 13.9. The van der Waals surface area contributed by atoms with Crippen LogP contribution >= 0.6 is 11.6 Å². The normalized spacial score (nSPS) is 22.9. The van der Waals surface area contributed by atoms with Gasteiger partial charge in [-0.3, -0.25) is 4.79 Å². The van der Waals surface area contributed by atoms with Crippen LogP contribution in [0, 0.1) is 11.7 Å². The summed E-state index contributed by atoms with van der Waals surface area (Å²) in [7, 11) is 1.71. The third kappa shape index (κ3) is 3.52. The predicted octanol–water partition coefficient (Wildman–Crippen LogP) is 3.14. The van der Waals surface area contributed by atoms with E-state index in [1.54, 1.807) is 12.0 Å². The Balaban J connectivity index is 1.59. The number of methoxy groups -OCH3 is 1. The third-order valence-corrected chi connectivity index (χ3v) is 5.03. The molecule has 0 bridgehead atoms. The molecular weight excluding hydrogens is 321 g/mol. The van der Waals surface area contributed by atoms with Crippen molar-refractivity contribution in [3.05, 3.63) is 34.6 Å². The molecule has 2 aliphatic heterocycles. The minimum Gasteiger partial charge on any atom is -0.385 e. The first kappa shape index (κ1) is 16.7. The van der Waals surface area contributed by atoms with Crippen molar-refractivity contribution in [2.24, 2.45) is 5.92 Å². The zero-order chi connectivity index (χ0) is 16.4. The first-order valence-corrected chi connectivity index (χ1v) is 8.28. The topological polar surface area (TPSA) is 38.8 Å². The lowest BCUT2D eigenvalue weighted by Crippen LogP contribution is -2.66. The summed E-state index contributed by atoms with van der Waals surface area (Å²) in [4.78, 5) is 14.2. The number of amides is 1. The van der Waals surface area contributed by atoms with Gasteiger partial charge in [-0.25, -0.2) is 4.39 Å². The van der Waals surface area contributed by atoms with Gasteiger partial charge in [0.05, 0.1) is 18.1 Å². The van der Waals surface area contributed by atoms with E-state index >= 15 is 0 Å². The molecule has 2 fully saturated rings. The Kier molecular flexibility index (Phi) is 4.90. The number of likely N-dealkylation sites (tertiary alicyclic amines) is 1. The van der Waals surface area contributed by atoms with E-state index in [1.165, 1.54) is 18.2 Å². The number of benzene rings is 1. The molecule has 126 valence electrons. The molecule has 1 aromatic carbocycles. The van der Waals surface area contributed by atoms with Crippen molar-refractivity contribution in [2.45, 2.75) is 24.9 Å². The lowest BCUT2D eigenvalue weighted by atomic mass is 9.79. The Bertz CT molecular complexity index is 589. The molecule has 0 aromatic heterocycles. The van der Waals surface area contributed by atoms with E-state index in [9.17, 15) is 9.18 Å². The van der Waals surface area contributed by atoms with E-state index in [4.69, 9.17) is 21.1 Å². The van der Waals surface area contributed by atoms with Crippen LogP contribution in [0.25, 0.3) is 0 Å². The quantitative estimate of drug-likeness (QED) is 0.844. The van der Waals surface area contributed by atoms with Crippen molar-refractivity contribution in [3.8, 4) is 0 Å². The van der Waals surface area contributed by atoms with Crippen LogP contribution in [-0.4, -0.2) is 49.8 Å². The average Bonchev–Trinajstić information content (AvgIpc) is 2.52. The van der Waals surface area contributed by atoms with Crippen LogP contribution in [0.4, 0.5) is 4.39 Å². The fourth-order valence-corrected chi connectivity index (χ4v) is 3.67. The highest BCUT2D eigenvalue weighted by Crippen LogP contribution is 2.38. The van der Waals surface area contributed by atoms with Crippen LogP contribution in [0.5, 0.6) is 0 Å². The predicted molar refractivity (Wildman–Crippen MR) is 85.2 cm³/mol. The molecule has 3 rings (SSSR count). The SMILES string of the molecule is COCC[C@H]1CCOC2(C1)CN(C(=O)c1ccc(F)c(Cl)c1)C2. The molecule has 4 nitrogen and oxygen atoms in total. The monoisotopic (exact) mass is 341 g/mol. The first-order chi connectivity index (χ1) is 11.0. The molecule has 0 saturated carbocycles. The first-order valence-electron chi connectivity index (χ1n) is 7.90. The standard InChI is InChI=1S/C17H21ClFNO3/c1-22-6-4-12-5-7-23-17(9-12)10-20(11-17)16(21)13-2-3-15(19)14(18)8-13/h2-3,8,12H,4-7,9-11H2,1H3/t12-/m0/s1. The van der Waals surface area contributed by atoms with Crippen molar-refractivity contribution >= 4 is 17.5 Å². The van der Waals surface area contributed by atoms with Crippen LogP contribution in [0.1, 0.15) is 29.6 Å². The van der Waals surface area contributed by atoms with Crippen LogP contribution in [0.3, 0.4) is 0 Å². The summed E-state index contributed by atoms with van der Waals surface area (Å²) in [6.45, 7) is 2.67. The molecule has 2 aliphatic rings. The number of hydrogen-bond donors (Lipinski definition) is 0. The smallest absolute Gasteiger partial charge is 0.254 e. The maximum absolute atomic E-state index is 13.2. The van der Waals surface area contributed by atoms with E-state index in [-0.39, 0.29) is 16.5 Å². The van der Waals surface area contributed by atoms with Gasteiger partial charge >= 0.3 is 0 Å². The van der Waals surface area contributed by atoms with Crippen molar-refractivity contribution in [1.82, 2.24) is 4.90 Å². The lowest BCUT2D eigenvalue weighted by molar-refractivity contribution is -0.167. The van der Waals surface area contributed by atoms with E-state index in [1.807, 2.05) is 0 Å². The minimum atomic E-state index is -0.514. The van der Waals surface area contributed by atoms with Gasteiger partial charge in [0.1, 0.15) is 11.4 Å². The van der Waals surface area contributed by atoms with Crippen LogP contribution < -0.4 is 0 Å². The molecular formula is C17H21ClFNO3. The third-order valence-electron chi connectivity index (χ3n) is 4.74. The maximum atomic E-state index is 13.2. The van der Waals surface area contributed by atoms with E-state index in [2.05, 4.69) is 0 Å². The Labute approximate surface area is 140 Å². The molecule has 2 saturated heterocycles. The van der Waals surface area contributed by atoms with Crippen molar-refractivity contribution in [1.29, 1.82) is 0 Å². The number of hydrogen-bond acceptors (Lipinski definition) is 3. The lowest BCUT2D eigenvalue weighted by Gasteiger charge is -2.53. The molecule has 0 aliphatic carbocycles. The molecule has 1 aromatic rings. The van der Waals surface area contributed by atoms with Gasteiger partial charge in [0, 0.05) is 25.9 Å². The second-order valence-electron chi connectivity index (χ2n) is 6.46. The van der Waals surface area contributed by atoms with Crippen molar-refractivity contribution in [3.63, 3.8) is 0 Å². The molecule has 0 radical (unpaired) electrons. The maximum Gasteiger partial charge on any atom is 0.254 e.